The molecule has 8 heteroatoms. The average molecular weight is 415 g/mol. The van der Waals surface area contributed by atoms with Crippen LogP contribution in [0.2, 0.25) is 0 Å². The van der Waals surface area contributed by atoms with E-state index in [0.717, 1.165) is 18.4 Å². The van der Waals surface area contributed by atoms with E-state index in [1.807, 2.05) is 37.2 Å². The van der Waals surface area contributed by atoms with Crippen molar-refractivity contribution in [2.75, 3.05) is 32.6 Å². The number of ether oxygens (including phenoxy) is 1. The Bertz CT molecular complexity index is 986. The first-order valence-electron chi connectivity index (χ1n) is 9.10. The molecular weight excluding hydrogens is 393 g/mol. The van der Waals surface area contributed by atoms with Crippen LogP contribution in [0.15, 0.2) is 52.9 Å². The third-order valence-corrected chi connectivity index (χ3v) is 4.28. The average Bonchev–Trinajstić information content (AvgIpc) is 3.11. The molecule has 0 radical (unpaired) electrons. The zero-order valence-electron chi connectivity index (χ0n) is 16.2. The van der Waals surface area contributed by atoms with Crippen molar-refractivity contribution in [1.29, 1.82) is 0 Å². The maximum absolute atomic E-state index is 14.2. The van der Waals surface area contributed by atoms with E-state index in [1.54, 1.807) is 18.2 Å². The van der Waals surface area contributed by atoms with E-state index in [1.165, 1.54) is 12.1 Å². The third-order valence-electron chi connectivity index (χ3n) is 4.07. The fraction of sp³-hybridized carbons (Fsp3) is 0.238. The fourth-order valence-electron chi connectivity index (χ4n) is 2.68. The number of carbonyl (C=O) groups excluding carboxylic acids is 1. The Morgan fingerprint density at radius 1 is 1.21 bits per heavy atom. The molecule has 0 aliphatic heterocycles. The van der Waals surface area contributed by atoms with Crippen molar-refractivity contribution in [1.82, 2.24) is 10.2 Å². The van der Waals surface area contributed by atoms with Crippen LogP contribution in [0.4, 0.5) is 10.1 Å². The van der Waals surface area contributed by atoms with Gasteiger partial charge in [0.1, 0.15) is 5.58 Å². The predicted molar refractivity (Wildman–Crippen MR) is 115 cm³/mol. The minimum Gasteiger partial charge on any atom is -0.490 e. The fourth-order valence-corrected chi connectivity index (χ4v) is 2.89. The lowest BCUT2D eigenvalue weighted by molar-refractivity contribution is 0.0953. The van der Waals surface area contributed by atoms with E-state index in [4.69, 9.17) is 21.4 Å². The van der Waals surface area contributed by atoms with Crippen molar-refractivity contribution in [3.8, 4) is 5.75 Å². The minimum absolute atomic E-state index is 0.0366. The summed E-state index contributed by atoms with van der Waals surface area (Å²) >= 11 is 5.14. The van der Waals surface area contributed by atoms with E-state index in [9.17, 15) is 9.18 Å². The molecule has 0 spiro atoms. The minimum atomic E-state index is -0.508. The normalized spacial score (nSPS) is 10.9. The second-order valence-corrected chi connectivity index (χ2v) is 7.12. The molecule has 0 aliphatic rings. The standard InChI is InChI=1S/C21H22FN3O3S/c1-25(2)10-5-11-27-18-9-8-15(13-16(18)22)23-21(29)24-20(26)19-12-14-6-3-4-7-17(14)28-19/h3-4,6-9,12-13H,5,10-11H2,1-2H3,(H2,23,24,26,29). The number of amides is 1. The van der Waals surface area contributed by atoms with E-state index in [-0.39, 0.29) is 16.6 Å². The summed E-state index contributed by atoms with van der Waals surface area (Å²) in [7, 11) is 3.94. The number of rotatable bonds is 7. The van der Waals surface area contributed by atoms with E-state index < -0.39 is 11.7 Å². The van der Waals surface area contributed by atoms with Crippen LogP contribution in [0.5, 0.6) is 5.75 Å². The number of nitrogens with zero attached hydrogens (tertiary/aromatic N) is 1. The molecule has 0 unspecified atom stereocenters. The number of halogens is 1. The summed E-state index contributed by atoms with van der Waals surface area (Å²) in [5.41, 5.74) is 1.01. The Balaban J connectivity index is 1.54. The molecule has 2 aromatic carbocycles. The SMILES string of the molecule is CN(C)CCCOc1ccc(NC(=S)NC(=O)c2cc3ccccc3o2)cc1F. The van der Waals surface area contributed by atoms with Crippen LogP contribution in [0, 0.1) is 5.82 Å². The highest BCUT2D eigenvalue weighted by Gasteiger charge is 2.14. The van der Waals surface area contributed by atoms with Gasteiger partial charge in [0.25, 0.3) is 5.91 Å². The molecule has 0 fully saturated rings. The number of hydrogen-bond acceptors (Lipinski definition) is 5. The van der Waals surface area contributed by atoms with Gasteiger partial charge in [-0.25, -0.2) is 4.39 Å². The van der Waals surface area contributed by atoms with Gasteiger partial charge >= 0.3 is 0 Å². The molecule has 6 nitrogen and oxygen atoms in total. The highest BCUT2D eigenvalue weighted by Crippen LogP contribution is 2.22. The Morgan fingerprint density at radius 2 is 2.00 bits per heavy atom. The number of benzene rings is 2. The van der Waals surface area contributed by atoms with Crippen molar-refractivity contribution in [2.24, 2.45) is 0 Å². The Labute approximate surface area is 173 Å². The molecule has 0 saturated carbocycles. The molecule has 152 valence electrons. The van der Waals surface area contributed by atoms with E-state index in [0.29, 0.717) is 17.9 Å². The first-order chi connectivity index (χ1) is 13.9. The monoisotopic (exact) mass is 415 g/mol. The number of carbonyl (C=O) groups is 1. The molecule has 3 aromatic rings. The van der Waals surface area contributed by atoms with Crippen molar-refractivity contribution < 1.29 is 18.3 Å². The Morgan fingerprint density at radius 3 is 2.72 bits per heavy atom. The summed E-state index contributed by atoms with van der Waals surface area (Å²) in [6.07, 6.45) is 0.796. The van der Waals surface area contributed by atoms with Crippen LogP contribution in [-0.2, 0) is 0 Å². The van der Waals surface area contributed by atoms with E-state index in [2.05, 4.69) is 10.6 Å². The van der Waals surface area contributed by atoms with Gasteiger partial charge in [0.2, 0.25) is 0 Å². The zero-order valence-corrected chi connectivity index (χ0v) is 17.0. The van der Waals surface area contributed by atoms with Gasteiger partial charge in [-0.2, -0.15) is 0 Å². The number of para-hydroxylation sites is 1. The van der Waals surface area contributed by atoms with Gasteiger partial charge in [0, 0.05) is 23.7 Å². The topological polar surface area (TPSA) is 66.7 Å². The first-order valence-corrected chi connectivity index (χ1v) is 9.51. The van der Waals surface area contributed by atoms with Gasteiger partial charge < -0.3 is 19.4 Å². The second kappa shape index (κ2) is 9.49. The summed E-state index contributed by atoms with van der Waals surface area (Å²) in [6.45, 7) is 1.29. The smallest absolute Gasteiger partial charge is 0.293 e. The van der Waals surface area contributed by atoms with Gasteiger partial charge in [0.15, 0.2) is 22.4 Å². The van der Waals surface area contributed by atoms with Gasteiger partial charge in [-0.1, -0.05) is 18.2 Å². The van der Waals surface area contributed by atoms with Crippen molar-refractivity contribution in [3.05, 3.63) is 60.1 Å². The maximum Gasteiger partial charge on any atom is 0.293 e. The Hall–Kier alpha value is -2.97. The molecule has 1 heterocycles. The number of furan rings is 1. The van der Waals surface area contributed by atoms with Gasteiger partial charge in [0.05, 0.1) is 6.61 Å². The second-order valence-electron chi connectivity index (χ2n) is 6.71. The molecule has 0 bridgehead atoms. The molecular formula is C21H22FN3O3S. The summed E-state index contributed by atoms with van der Waals surface area (Å²) < 4.78 is 25.2. The Kier molecular flexibility index (Phi) is 6.79. The van der Waals surface area contributed by atoms with Crippen molar-refractivity contribution in [2.45, 2.75) is 6.42 Å². The lowest BCUT2D eigenvalue weighted by Gasteiger charge is -2.12. The molecule has 0 saturated heterocycles. The highest BCUT2D eigenvalue weighted by atomic mass is 32.1. The van der Waals surface area contributed by atoms with Crippen LogP contribution in [-0.4, -0.2) is 43.2 Å². The van der Waals surface area contributed by atoms with Crippen LogP contribution >= 0.6 is 12.2 Å². The van der Waals surface area contributed by atoms with Gasteiger partial charge in [-0.15, -0.1) is 0 Å². The molecule has 3 rings (SSSR count). The van der Waals surface area contributed by atoms with Crippen molar-refractivity contribution in [3.63, 3.8) is 0 Å². The number of fused-ring (bicyclic) bond motifs is 1. The van der Waals surface area contributed by atoms with Gasteiger partial charge in [-0.05, 0) is 57.0 Å². The van der Waals surface area contributed by atoms with Crippen LogP contribution in [0.1, 0.15) is 17.0 Å². The summed E-state index contributed by atoms with van der Waals surface area (Å²) in [4.78, 5) is 14.3. The van der Waals surface area contributed by atoms with Crippen molar-refractivity contribution >= 4 is 39.9 Å². The predicted octanol–water partition coefficient (Wildman–Crippen LogP) is 4.03. The van der Waals surface area contributed by atoms with Gasteiger partial charge in [-0.3, -0.25) is 10.1 Å². The summed E-state index contributed by atoms with van der Waals surface area (Å²) in [5.74, 6) is -0.680. The number of nitrogens with one attached hydrogen (secondary N) is 2. The van der Waals surface area contributed by atoms with Crippen LogP contribution in [0.3, 0.4) is 0 Å². The number of hydrogen-bond donors (Lipinski definition) is 2. The summed E-state index contributed by atoms with van der Waals surface area (Å²) in [5, 5.41) is 6.16. The maximum atomic E-state index is 14.2. The first kappa shape index (κ1) is 20.8. The lowest BCUT2D eigenvalue weighted by atomic mass is 10.2. The molecule has 2 N–H and O–H groups in total. The highest BCUT2D eigenvalue weighted by molar-refractivity contribution is 7.80. The number of anilines is 1. The largest absolute Gasteiger partial charge is 0.490 e. The summed E-state index contributed by atoms with van der Waals surface area (Å²) in [6, 6.07) is 13.4. The molecule has 29 heavy (non-hydrogen) atoms. The molecule has 0 atom stereocenters. The molecule has 1 amide bonds. The molecule has 1 aromatic heterocycles. The zero-order chi connectivity index (χ0) is 20.8. The number of thiocarbonyl (C=S) groups is 1. The van der Waals surface area contributed by atoms with Crippen LogP contribution < -0.4 is 15.4 Å². The lowest BCUT2D eigenvalue weighted by Crippen LogP contribution is -2.33. The van der Waals surface area contributed by atoms with Crippen LogP contribution in [0.25, 0.3) is 11.0 Å². The van der Waals surface area contributed by atoms with E-state index >= 15 is 0 Å². The molecule has 0 aliphatic carbocycles. The quantitative estimate of drug-likeness (QED) is 0.449. The third kappa shape index (κ3) is 5.75.